The first kappa shape index (κ1) is 13.2. The Morgan fingerprint density at radius 3 is 2.43 bits per heavy atom. The summed E-state index contributed by atoms with van der Waals surface area (Å²) in [4.78, 5) is 25.7. The van der Waals surface area contributed by atoms with E-state index in [0.717, 1.165) is 0 Å². The fourth-order valence-corrected chi connectivity index (χ4v) is 2.42. The number of hydrogen-bond acceptors (Lipinski definition) is 2. The fourth-order valence-electron chi connectivity index (χ4n) is 2.42. The Balaban J connectivity index is 2.12. The molecule has 0 aliphatic carbocycles. The Morgan fingerprint density at radius 2 is 1.76 bits per heavy atom. The molecule has 104 valence electrons. The van der Waals surface area contributed by atoms with Crippen LogP contribution in [0.2, 0.25) is 0 Å². The summed E-state index contributed by atoms with van der Waals surface area (Å²) in [6.07, 6.45) is 1.60. The van der Waals surface area contributed by atoms with Crippen LogP contribution < -0.4 is 4.90 Å². The van der Waals surface area contributed by atoms with Crippen molar-refractivity contribution in [2.24, 2.45) is 0 Å². The van der Waals surface area contributed by atoms with Crippen molar-refractivity contribution in [3.8, 4) is 0 Å². The van der Waals surface area contributed by atoms with Gasteiger partial charge in [0.05, 0.1) is 11.4 Å². The van der Waals surface area contributed by atoms with Gasteiger partial charge in [-0.05, 0) is 35.9 Å². The van der Waals surface area contributed by atoms with E-state index in [1.165, 1.54) is 24.0 Å². The molecule has 1 aliphatic rings. The first-order valence-electron chi connectivity index (χ1n) is 6.49. The number of ketones is 1. The van der Waals surface area contributed by atoms with Gasteiger partial charge in [-0.1, -0.05) is 24.3 Å². The van der Waals surface area contributed by atoms with Gasteiger partial charge >= 0.3 is 0 Å². The monoisotopic (exact) mass is 281 g/mol. The molecule has 0 unspecified atom stereocenters. The molecule has 0 spiro atoms. The van der Waals surface area contributed by atoms with Gasteiger partial charge in [-0.3, -0.25) is 14.5 Å². The van der Waals surface area contributed by atoms with Gasteiger partial charge in [-0.25, -0.2) is 4.39 Å². The van der Waals surface area contributed by atoms with Crippen LogP contribution >= 0.6 is 0 Å². The van der Waals surface area contributed by atoms with E-state index in [2.05, 4.69) is 0 Å². The molecule has 2 aromatic rings. The Labute approximate surface area is 121 Å². The lowest BCUT2D eigenvalue weighted by atomic mass is 10.1. The molecule has 1 heterocycles. The molecule has 3 nitrogen and oxygen atoms in total. The molecular weight excluding hydrogens is 269 g/mol. The van der Waals surface area contributed by atoms with Crippen LogP contribution in [0, 0.1) is 5.82 Å². The number of anilines is 1. The number of allylic oxidation sites excluding steroid dienone is 1. The average Bonchev–Trinajstić information content (AvgIpc) is 2.75. The number of hydrogen-bond donors (Lipinski definition) is 0. The molecule has 2 aromatic carbocycles. The van der Waals surface area contributed by atoms with Crippen LogP contribution in [0.15, 0.2) is 54.2 Å². The third-order valence-corrected chi connectivity index (χ3v) is 3.35. The molecular formula is C17H12FNO2. The van der Waals surface area contributed by atoms with Crippen molar-refractivity contribution in [3.05, 3.63) is 71.2 Å². The highest BCUT2D eigenvalue weighted by Crippen LogP contribution is 2.35. The Kier molecular flexibility index (Phi) is 3.14. The standard InChI is InChI=1S/C17H12FNO2/c1-11(20)19-15-5-3-2-4-14(15)17(21)16(19)10-12-6-8-13(18)9-7-12/h2-10H,1H3/b16-10+. The zero-order valence-electron chi connectivity index (χ0n) is 11.3. The molecule has 0 saturated carbocycles. The number of halogens is 1. The third-order valence-electron chi connectivity index (χ3n) is 3.35. The normalized spacial score (nSPS) is 15.4. The van der Waals surface area contributed by atoms with Crippen molar-refractivity contribution in [1.82, 2.24) is 0 Å². The highest BCUT2D eigenvalue weighted by Gasteiger charge is 2.34. The number of nitrogens with zero attached hydrogens (tertiary/aromatic N) is 1. The van der Waals surface area contributed by atoms with E-state index in [1.807, 2.05) is 0 Å². The predicted octanol–water partition coefficient (Wildman–Crippen LogP) is 3.42. The highest BCUT2D eigenvalue weighted by molar-refractivity contribution is 6.26. The Bertz CT molecular complexity index is 763. The molecule has 1 aliphatic heterocycles. The van der Waals surface area contributed by atoms with Crippen LogP contribution in [0.1, 0.15) is 22.8 Å². The van der Waals surface area contributed by atoms with Crippen LogP contribution in [0.4, 0.5) is 10.1 Å². The van der Waals surface area contributed by atoms with Gasteiger partial charge in [0.15, 0.2) is 0 Å². The summed E-state index contributed by atoms with van der Waals surface area (Å²) in [5.74, 6) is -0.784. The number of Topliss-reactive ketones (excluding diaryl/α,β-unsaturated/α-hetero) is 1. The maximum absolute atomic E-state index is 12.9. The Morgan fingerprint density at radius 1 is 1.10 bits per heavy atom. The number of benzene rings is 2. The van der Waals surface area contributed by atoms with Gasteiger partial charge in [-0.15, -0.1) is 0 Å². The van der Waals surface area contributed by atoms with Gasteiger partial charge in [-0.2, -0.15) is 0 Å². The maximum atomic E-state index is 12.9. The smallest absolute Gasteiger partial charge is 0.228 e. The molecule has 0 aromatic heterocycles. The van der Waals surface area contributed by atoms with Crippen molar-refractivity contribution in [2.75, 3.05) is 4.90 Å². The average molecular weight is 281 g/mol. The van der Waals surface area contributed by atoms with Gasteiger partial charge in [0.1, 0.15) is 5.82 Å². The second kappa shape index (κ2) is 4.98. The quantitative estimate of drug-likeness (QED) is 0.751. The van der Waals surface area contributed by atoms with E-state index in [1.54, 1.807) is 42.5 Å². The zero-order valence-corrected chi connectivity index (χ0v) is 11.3. The van der Waals surface area contributed by atoms with Crippen molar-refractivity contribution < 1.29 is 14.0 Å². The Hall–Kier alpha value is -2.75. The molecule has 0 N–H and O–H groups in total. The summed E-state index contributed by atoms with van der Waals surface area (Å²) in [6, 6.07) is 12.7. The van der Waals surface area contributed by atoms with Crippen molar-refractivity contribution in [3.63, 3.8) is 0 Å². The molecule has 0 radical (unpaired) electrons. The molecule has 4 heteroatoms. The van der Waals surface area contributed by atoms with Crippen LogP contribution in [-0.4, -0.2) is 11.7 Å². The third kappa shape index (κ3) is 2.25. The summed E-state index contributed by atoms with van der Waals surface area (Å²) in [6.45, 7) is 1.41. The predicted molar refractivity (Wildman–Crippen MR) is 78.3 cm³/mol. The molecule has 21 heavy (non-hydrogen) atoms. The van der Waals surface area contributed by atoms with Crippen LogP contribution in [0.25, 0.3) is 6.08 Å². The summed E-state index contributed by atoms with van der Waals surface area (Å²) < 4.78 is 12.9. The number of amides is 1. The minimum atomic E-state index is -0.346. The van der Waals surface area contributed by atoms with E-state index in [0.29, 0.717) is 16.8 Å². The van der Waals surface area contributed by atoms with Gasteiger partial charge < -0.3 is 0 Å². The minimum absolute atomic E-state index is 0.204. The number of fused-ring (bicyclic) bond motifs is 1. The SMILES string of the molecule is CC(=O)N1/C(=C/c2ccc(F)cc2)C(=O)c2ccccc21. The number of carbonyl (C=O) groups is 2. The second-order valence-corrected chi connectivity index (χ2v) is 4.78. The summed E-state index contributed by atoms with van der Waals surface area (Å²) in [5.41, 5.74) is 2.04. The molecule has 1 amide bonds. The van der Waals surface area contributed by atoms with E-state index < -0.39 is 0 Å². The lowest BCUT2D eigenvalue weighted by Crippen LogP contribution is -2.25. The fraction of sp³-hybridized carbons (Fsp3) is 0.0588. The van der Waals surface area contributed by atoms with Crippen LogP contribution in [0.5, 0.6) is 0 Å². The summed E-state index contributed by atoms with van der Waals surface area (Å²) >= 11 is 0. The number of para-hydroxylation sites is 1. The first-order valence-corrected chi connectivity index (χ1v) is 6.49. The molecule has 0 fully saturated rings. The van der Waals surface area contributed by atoms with Crippen molar-refractivity contribution in [1.29, 1.82) is 0 Å². The summed E-state index contributed by atoms with van der Waals surface area (Å²) in [5, 5.41) is 0. The van der Waals surface area contributed by atoms with E-state index in [9.17, 15) is 14.0 Å². The van der Waals surface area contributed by atoms with Gasteiger partial charge in [0.25, 0.3) is 0 Å². The van der Waals surface area contributed by atoms with Crippen LogP contribution in [0.3, 0.4) is 0 Å². The van der Waals surface area contributed by atoms with E-state index >= 15 is 0 Å². The van der Waals surface area contributed by atoms with E-state index in [-0.39, 0.29) is 23.2 Å². The van der Waals surface area contributed by atoms with Crippen molar-refractivity contribution in [2.45, 2.75) is 6.92 Å². The topological polar surface area (TPSA) is 37.4 Å². The van der Waals surface area contributed by atoms with Gasteiger partial charge in [0.2, 0.25) is 11.7 Å². The highest BCUT2D eigenvalue weighted by atomic mass is 19.1. The van der Waals surface area contributed by atoms with Crippen LogP contribution in [-0.2, 0) is 4.79 Å². The first-order chi connectivity index (χ1) is 10.1. The number of carbonyl (C=O) groups excluding carboxylic acids is 2. The lowest BCUT2D eigenvalue weighted by molar-refractivity contribution is -0.116. The van der Waals surface area contributed by atoms with Crippen molar-refractivity contribution >= 4 is 23.5 Å². The van der Waals surface area contributed by atoms with Gasteiger partial charge in [0, 0.05) is 12.5 Å². The largest absolute Gasteiger partial charge is 0.287 e. The maximum Gasteiger partial charge on any atom is 0.228 e. The number of rotatable bonds is 1. The second-order valence-electron chi connectivity index (χ2n) is 4.78. The summed E-state index contributed by atoms with van der Waals surface area (Å²) in [7, 11) is 0. The molecule has 3 rings (SSSR count). The molecule has 0 saturated heterocycles. The van der Waals surface area contributed by atoms with E-state index in [4.69, 9.17) is 0 Å². The zero-order chi connectivity index (χ0) is 15.0. The minimum Gasteiger partial charge on any atom is -0.287 e. The molecule has 0 bridgehead atoms. The lowest BCUT2D eigenvalue weighted by Gasteiger charge is -2.15. The molecule has 0 atom stereocenters.